The molecule has 0 radical (unpaired) electrons. The number of hydrogen-bond donors (Lipinski definition) is 3. The van der Waals surface area contributed by atoms with Crippen LogP contribution in [0.4, 0.5) is 8.78 Å². The molecule has 0 saturated heterocycles. The predicted octanol–water partition coefficient (Wildman–Crippen LogP) is 4.94. The summed E-state index contributed by atoms with van der Waals surface area (Å²) in [6.07, 6.45) is 3.97. The third-order valence-electron chi connectivity index (χ3n) is 6.53. The lowest BCUT2D eigenvalue weighted by Gasteiger charge is -2.42. The number of nitrogens with one attached hydrogen (secondary N) is 1. The zero-order valence-electron chi connectivity index (χ0n) is 18.9. The number of nitrogens with two attached hydrogens (primary N) is 1. The smallest absolute Gasteiger partial charge is 0.126 e. The van der Waals surface area contributed by atoms with E-state index in [0.29, 0.717) is 24.9 Å². The molecule has 1 saturated carbocycles. The van der Waals surface area contributed by atoms with Crippen molar-refractivity contribution in [3.63, 3.8) is 0 Å². The monoisotopic (exact) mass is 430 g/mol. The predicted molar refractivity (Wildman–Crippen MR) is 122 cm³/mol. The number of benzene rings is 2. The highest BCUT2D eigenvalue weighted by atomic mass is 19.1. The van der Waals surface area contributed by atoms with Gasteiger partial charge in [0.25, 0.3) is 0 Å². The first-order valence-corrected chi connectivity index (χ1v) is 11.3. The van der Waals surface area contributed by atoms with E-state index in [1.165, 1.54) is 23.3 Å². The van der Waals surface area contributed by atoms with Crippen molar-refractivity contribution >= 4 is 0 Å². The highest BCUT2D eigenvalue weighted by Crippen LogP contribution is 2.38. The first-order valence-electron chi connectivity index (χ1n) is 11.3. The Kier molecular flexibility index (Phi) is 7.51. The van der Waals surface area contributed by atoms with E-state index in [9.17, 15) is 13.9 Å². The molecule has 3 rings (SSSR count). The van der Waals surface area contributed by atoms with Crippen LogP contribution in [0.25, 0.3) is 0 Å². The van der Waals surface area contributed by atoms with Gasteiger partial charge in [0.2, 0.25) is 0 Å². The van der Waals surface area contributed by atoms with Gasteiger partial charge >= 0.3 is 0 Å². The molecule has 1 aliphatic carbocycles. The van der Waals surface area contributed by atoms with Gasteiger partial charge in [0.15, 0.2) is 0 Å². The summed E-state index contributed by atoms with van der Waals surface area (Å²) in [5.74, 6) is -1.17. The van der Waals surface area contributed by atoms with E-state index in [1.54, 1.807) is 0 Å². The van der Waals surface area contributed by atoms with Crippen LogP contribution in [0.5, 0.6) is 0 Å². The molecule has 0 aliphatic heterocycles. The minimum Gasteiger partial charge on any atom is -0.392 e. The highest BCUT2D eigenvalue weighted by molar-refractivity contribution is 5.34. The second-order valence-corrected chi connectivity index (χ2v) is 10.1. The van der Waals surface area contributed by atoms with Gasteiger partial charge in [-0.2, -0.15) is 0 Å². The summed E-state index contributed by atoms with van der Waals surface area (Å²) in [7, 11) is 0. The Bertz CT molecular complexity index is 850. The van der Waals surface area contributed by atoms with Crippen LogP contribution < -0.4 is 11.1 Å². The topological polar surface area (TPSA) is 58.3 Å². The average Bonchev–Trinajstić information content (AvgIpc) is 2.71. The second-order valence-electron chi connectivity index (χ2n) is 10.1. The maximum Gasteiger partial charge on any atom is 0.126 e. The van der Waals surface area contributed by atoms with Crippen molar-refractivity contribution < 1.29 is 13.9 Å². The third-order valence-corrected chi connectivity index (χ3v) is 6.53. The molecule has 0 amide bonds. The van der Waals surface area contributed by atoms with Crippen LogP contribution in [-0.2, 0) is 17.4 Å². The Morgan fingerprint density at radius 2 is 1.74 bits per heavy atom. The molecule has 1 fully saturated rings. The van der Waals surface area contributed by atoms with Gasteiger partial charge in [-0.3, -0.25) is 0 Å². The Morgan fingerprint density at radius 3 is 2.35 bits per heavy atom. The number of hydrogen-bond acceptors (Lipinski definition) is 3. The minimum atomic E-state index is -0.607. The number of halogens is 2. The van der Waals surface area contributed by atoms with E-state index in [2.05, 4.69) is 50.4 Å². The van der Waals surface area contributed by atoms with Crippen LogP contribution in [0.3, 0.4) is 0 Å². The maximum absolute atomic E-state index is 13.4. The van der Waals surface area contributed by atoms with Crippen LogP contribution in [0.1, 0.15) is 69.6 Å². The molecule has 31 heavy (non-hydrogen) atoms. The summed E-state index contributed by atoms with van der Waals surface area (Å²) < 4.78 is 26.8. The maximum atomic E-state index is 13.4. The standard InChI is InChI=1S/C26H36F2N2O/c1-25(2,3)19-5-4-6-20(15-19)26(11-9-23(29)10-12-26)30-17-24(31)8-7-18-13-21(27)16-22(28)14-18/h4-6,13-16,23-24,30-31H,7-12,17,29H2,1-3H3. The largest absolute Gasteiger partial charge is 0.392 e. The number of aliphatic hydroxyl groups excluding tert-OH is 1. The van der Waals surface area contributed by atoms with E-state index < -0.39 is 17.7 Å². The Morgan fingerprint density at radius 1 is 1.10 bits per heavy atom. The van der Waals surface area contributed by atoms with E-state index in [4.69, 9.17) is 5.73 Å². The van der Waals surface area contributed by atoms with Crippen LogP contribution in [-0.4, -0.2) is 23.8 Å². The zero-order chi connectivity index (χ0) is 22.6. The van der Waals surface area contributed by atoms with Crippen molar-refractivity contribution in [3.8, 4) is 0 Å². The van der Waals surface area contributed by atoms with Gasteiger partial charge in [0.05, 0.1) is 6.10 Å². The molecule has 0 spiro atoms. The van der Waals surface area contributed by atoms with Gasteiger partial charge < -0.3 is 16.2 Å². The number of rotatable bonds is 7. The van der Waals surface area contributed by atoms with Gasteiger partial charge in [0.1, 0.15) is 11.6 Å². The van der Waals surface area contributed by atoms with E-state index in [0.717, 1.165) is 31.7 Å². The molecule has 1 atom stereocenters. The van der Waals surface area contributed by atoms with E-state index >= 15 is 0 Å². The fourth-order valence-corrected chi connectivity index (χ4v) is 4.49. The zero-order valence-corrected chi connectivity index (χ0v) is 18.9. The molecule has 3 nitrogen and oxygen atoms in total. The highest BCUT2D eigenvalue weighted by Gasteiger charge is 2.36. The lowest BCUT2D eigenvalue weighted by molar-refractivity contribution is 0.129. The van der Waals surface area contributed by atoms with Crippen molar-refractivity contribution in [1.29, 1.82) is 0 Å². The fourth-order valence-electron chi connectivity index (χ4n) is 4.49. The molecule has 1 aliphatic rings. The normalized spacial score (nSPS) is 23.0. The molecule has 1 unspecified atom stereocenters. The summed E-state index contributed by atoms with van der Waals surface area (Å²) in [5.41, 5.74) is 9.12. The quantitative estimate of drug-likeness (QED) is 0.583. The Labute approximate surface area is 185 Å². The van der Waals surface area contributed by atoms with Gasteiger partial charge in [-0.1, -0.05) is 45.0 Å². The van der Waals surface area contributed by atoms with Crippen molar-refractivity contribution in [2.75, 3.05) is 6.54 Å². The summed E-state index contributed by atoms with van der Waals surface area (Å²) in [4.78, 5) is 0. The molecular weight excluding hydrogens is 394 g/mol. The molecular formula is C26H36F2N2O. The summed E-state index contributed by atoms with van der Waals surface area (Å²) in [6.45, 7) is 7.05. The van der Waals surface area contributed by atoms with Crippen molar-refractivity contribution in [3.05, 3.63) is 70.8 Å². The summed E-state index contributed by atoms with van der Waals surface area (Å²) in [5, 5.41) is 14.3. The minimum absolute atomic E-state index is 0.0576. The molecule has 5 heteroatoms. The average molecular weight is 431 g/mol. The van der Waals surface area contributed by atoms with Crippen molar-refractivity contribution in [2.24, 2.45) is 5.73 Å². The van der Waals surface area contributed by atoms with E-state index in [1.807, 2.05) is 0 Å². The van der Waals surface area contributed by atoms with Crippen LogP contribution >= 0.6 is 0 Å². The van der Waals surface area contributed by atoms with Crippen molar-refractivity contribution in [1.82, 2.24) is 5.32 Å². The van der Waals surface area contributed by atoms with Gasteiger partial charge in [-0.25, -0.2) is 8.78 Å². The summed E-state index contributed by atoms with van der Waals surface area (Å²) in [6, 6.07) is 12.5. The van der Waals surface area contributed by atoms with Crippen LogP contribution in [0.15, 0.2) is 42.5 Å². The molecule has 170 valence electrons. The fraction of sp³-hybridized carbons (Fsp3) is 0.538. The van der Waals surface area contributed by atoms with Crippen molar-refractivity contribution in [2.45, 2.75) is 82.4 Å². The van der Waals surface area contributed by atoms with Crippen LogP contribution in [0, 0.1) is 11.6 Å². The SMILES string of the molecule is CC(C)(C)c1cccc(C2(NCC(O)CCc3cc(F)cc(F)c3)CCC(N)CC2)c1. The number of aryl methyl sites for hydroxylation is 1. The number of aliphatic hydroxyl groups is 1. The summed E-state index contributed by atoms with van der Waals surface area (Å²) >= 11 is 0. The van der Waals surface area contributed by atoms with Gasteiger partial charge in [0, 0.05) is 24.2 Å². The Hall–Kier alpha value is -1.82. The molecule has 0 bridgehead atoms. The first-order chi connectivity index (χ1) is 14.6. The second kappa shape index (κ2) is 9.76. The lowest BCUT2D eigenvalue weighted by Crippen LogP contribution is -2.50. The van der Waals surface area contributed by atoms with Crippen LogP contribution in [0.2, 0.25) is 0 Å². The molecule has 2 aromatic carbocycles. The molecule has 0 aromatic heterocycles. The Balaban J connectivity index is 1.70. The third kappa shape index (κ3) is 6.34. The molecule has 2 aromatic rings. The van der Waals surface area contributed by atoms with Gasteiger partial charge in [-0.15, -0.1) is 0 Å². The lowest BCUT2D eigenvalue weighted by atomic mass is 9.73. The molecule has 4 N–H and O–H groups in total. The van der Waals surface area contributed by atoms with E-state index in [-0.39, 0.29) is 17.0 Å². The van der Waals surface area contributed by atoms with Gasteiger partial charge in [-0.05, 0) is 72.8 Å². The molecule has 0 heterocycles. The first kappa shape index (κ1) is 23.8.